The summed E-state index contributed by atoms with van der Waals surface area (Å²) in [5.74, 6) is 0.551. The molecule has 1 aromatic heterocycles. The molecule has 2 heteroatoms. The Bertz CT molecular complexity index is 3560. The minimum absolute atomic E-state index is 0.530. The highest BCUT2D eigenvalue weighted by Gasteiger charge is 2.47. The first-order valence-corrected chi connectivity index (χ1v) is 24.0. The summed E-state index contributed by atoms with van der Waals surface area (Å²) in [5.41, 5.74) is 18.9. The molecule has 11 aromatic rings. The number of hydrogen-bond donors (Lipinski definition) is 0. The highest BCUT2D eigenvalue weighted by Crippen LogP contribution is 2.59. The topological polar surface area (TPSA) is 16.4 Å². The fraction of sp³-hybridized carbons (Fsp3) is 0.108. The van der Waals surface area contributed by atoms with Crippen molar-refractivity contribution in [2.24, 2.45) is 0 Å². The number of rotatable bonds is 8. The van der Waals surface area contributed by atoms with Crippen LogP contribution in [-0.2, 0) is 5.41 Å². The summed E-state index contributed by atoms with van der Waals surface area (Å²) >= 11 is 0. The SMILES string of the molecule is c1ccc(-c2cc3ccccc3cc2-c2ccc(N(c3ccc4c(c3)C(c3ccccc3)(c3ccccc3)c3cccc(C5CCCCC5)c3-4)c3ccc4oc5ccccc5c4c3)cc2)cc1. The lowest BCUT2D eigenvalue weighted by molar-refractivity contribution is 0.444. The maximum Gasteiger partial charge on any atom is 0.135 e. The number of nitrogens with zero attached hydrogens (tertiary/aromatic N) is 1. The molecule has 2 nitrogen and oxygen atoms in total. The summed E-state index contributed by atoms with van der Waals surface area (Å²) in [6.07, 6.45) is 6.41. The summed E-state index contributed by atoms with van der Waals surface area (Å²) in [5, 5.41) is 4.69. The maximum atomic E-state index is 6.41. The van der Waals surface area contributed by atoms with Crippen molar-refractivity contribution in [2.75, 3.05) is 4.90 Å². The standard InChI is InChI=1S/C65H49NO/c1-5-18-44(19-6-1)54-29-17-30-60-64(54)56-38-36-53(43-61(56)65(60,49-24-9-3-10-25-49)50-26-11-4-12-27-50)66(52-37-39-63-59(42-52)55-28-15-16-31-62(55)67-63)51-34-32-46(33-35-51)58-41-48-23-14-13-22-47(48)40-57(58)45-20-7-2-8-21-45/h2-4,7-17,20-44H,1,5-6,18-19H2. The molecule has 1 saturated carbocycles. The average molecular weight is 860 g/mol. The molecule has 2 aliphatic rings. The van der Waals surface area contributed by atoms with Gasteiger partial charge in [0.1, 0.15) is 11.2 Å². The molecule has 0 unspecified atom stereocenters. The summed E-state index contributed by atoms with van der Waals surface area (Å²) in [6, 6.07) is 85.5. The molecule has 0 spiro atoms. The Balaban J connectivity index is 1.04. The summed E-state index contributed by atoms with van der Waals surface area (Å²) in [6.45, 7) is 0. The van der Waals surface area contributed by atoms with E-state index in [-0.39, 0.29) is 0 Å². The smallest absolute Gasteiger partial charge is 0.135 e. The van der Waals surface area contributed by atoms with Crippen LogP contribution in [0.4, 0.5) is 17.1 Å². The van der Waals surface area contributed by atoms with Crippen LogP contribution in [0.5, 0.6) is 0 Å². The number of furan rings is 1. The molecule has 0 aliphatic heterocycles. The van der Waals surface area contributed by atoms with Crippen LogP contribution in [0.15, 0.2) is 235 Å². The third-order valence-corrected chi connectivity index (χ3v) is 14.9. The molecule has 13 rings (SSSR count). The van der Waals surface area contributed by atoms with Crippen LogP contribution in [-0.4, -0.2) is 0 Å². The molecule has 0 radical (unpaired) electrons. The molecule has 0 atom stereocenters. The van der Waals surface area contributed by atoms with Crippen LogP contribution in [0.2, 0.25) is 0 Å². The van der Waals surface area contributed by atoms with Gasteiger partial charge in [-0.1, -0.05) is 189 Å². The quantitative estimate of drug-likeness (QED) is 0.151. The minimum atomic E-state index is -0.530. The van der Waals surface area contributed by atoms with E-state index in [0.717, 1.165) is 39.0 Å². The first-order chi connectivity index (χ1) is 33.2. The maximum absolute atomic E-state index is 6.41. The van der Waals surface area contributed by atoms with Crippen molar-refractivity contribution in [3.05, 3.63) is 258 Å². The average Bonchev–Trinajstić information content (AvgIpc) is 3.93. The zero-order valence-corrected chi connectivity index (χ0v) is 37.4. The van der Waals surface area contributed by atoms with Gasteiger partial charge in [0.25, 0.3) is 0 Å². The zero-order valence-electron chi connectivity index (χ0n) is 37.4. The third-order valence-electron chi connectivity index (χ3n) is 14.9. The largest absolute Gasteiger partial charge is 0.456 e. The Morgan fingerprint density at radius 2 is 0.955 bits per heavy atom. The second-order valence-corrected chi connectivity index (χ2v) is 18.6. The molecular formula is C65H49NO. The summed E-state index contributed by atoms with van der Waals surface area (Å²) in [7, 11) is 0. The fourth-order valence-corrected chi connectivity index (χ4v) is 11.9. The Hall–Kier alpha value is -7.94. The number of para-hydroxylation sites is 1. The van der Waals surface area contributed by atoms with Crippen LogP contribution in [0, 0.1) is 0 Å². The van der Waals surface area contributed by atoms with Crippen LogP contribution in [0.1, 0.15) is 65.8 Å². The van der Waals surface area contributed by atoms with Gasteiger partial charge in [0.05, 0.1) is 5.41 Å². The van der Waals surface area contributed by atoms with Crippen molar-refractivity contribution in [3.8, 4) is 33.4 Å². The molecule has 0 bridgehead atoms. The van der Waals surface area contributed by atoms with Gasteiger partial charge >= 0.3 is 0 Å². The molecule has 0 amide bonds. The monoisotopic (exact) mass is 859 g/mol. The number of benzene rings is 10. The van der Waals surface area contributed by atoms with E-state index < -0.39 is 5.41 Å². The molecular weight excluding hydrogens is 811 g/mol. The predicted molar refractivity (Wildman–Crippen MR) is 280 cm³/mol. The molecule has 320 valence electrons. The van der Waals surface area contributed by atoms with Gasteiger partial charge in [0.15, 0.2) is 0 Å². The predicted octanol–water partition coefficient (Wildman–Crippen LogP) is 18.0. The van der Waals surface area contributed by atoms with Gasteiger partial charge in [-0.3, -0.25) is 0 Å². The summed E-state index contributed by atoms with van der Waals surface area (Å²) in [4.78, 5) is 2.45. The molecule has 67 heavy (non-hydrogen) atoms. The van der Waals surface area contributed by atoms with Crippen molar-refractivity contribution < 1.29 is 4.42 Å². The number of fused-ring (bicyclic) bond motifs is 7. The van der Waals surface area contributed by atoms with Crippen LogP contribution in [0.25, 0.3) is 66.1 Å². The van der Waals surface area contributed by atoms with Gasteiger partial charge < -0.3 is 9.32 Å². The van der Waals surface area contributed by atoms with E-state index in [1.54, 1.807) is 0 Å². The molecule has 1 heterocycles. The van der Waals surface area contributed by atoms with Crippen molar-refractivity contribution >= 4 is 49.8 Å². The lowest BCUT2D eigenvalue weighted by atomic mass is 9.67. The van der Waals surface area contributed by atoms with Crippen molar-refractivity contribution in [1.82, 2.24) is 0 Å². The van der Waals surface area contributed by atoms with E-state index in [1.807, 2.05) is 6.07 Å². The van der Waals surface area contributed by atoms with E-state index >= 15 is 0 Å². The van der Waals surface area contributed by atoms with E-state index in [4.69, 9.17) is 4.42 Å². The fourth-order valence-electron chi connectivity index (χ4n) is 11.9. The van der Waals surface area contributed by atoms with Gasteiger partial charge in [-0.15, -0.1) is 0 Å². The highest BCUT2D eigenvalue weighted by atomic mass is 16.3. The molecule has 2 aliphatic carbocycles. The van der Waals surface area contributed by atoms with E-state index in [2.05, 4.69) is 229 Å². The van der Waals surface area contributed by atoms with E-state index in [9.17, 15) is 0 Å². The van der Waals surface area contributed by atoms with Crippen LogP contribution < -0.4 is 4.90 Å². The minimum Gasteiger partial charge on any atom is -0.456 e. The number of anilines is 3. The van der Waals surface area contributed by atoms with Crippen molar-refractivity contribution in [3.63, 3.8) is 0 Å². The van der Waals surface area contributed by atoms with Gasteiger partial charge in [0.2, 0.25) is 0 Å². The van der Waals surface area contributed by atoms with E-state index in [0.29, 0.717) is 5.92 Å². The molecule has 0 saturated heterocycles. The normalized spacial score (nSPS) is 14.3. The van der Waals surface area contributed by atoms with Crippen molar-refractivity contribution in [1.29, 1.82) is 0 Å². The van der Waals surface area contributed by atoms with Crippen molar-refractivity contribution in [2.45, 2.75) is 43.4 Å². The Labute approximate surface area is 392 Å². The third kappa shape index (κ3) is 6.46. The second-order valence-electron chi connectivity index (χ2n) is 18.6. The van der Waals surface area contributed by atoms with Gasteiger partial charge in [-0.2, -0.15) is 0 Å². The Kier molecular flexibility index (Phi) is 9.53. The van der Waals surface area contributed by atoms with Gasteiger partial charge in [0, 0.05) is 27.8 Å². The van der Waals surface area contributed by atoms with Gasteiger partial charge in [-0.25, -0.2) is 0 Å². The van der Waals surface area contributed by atoms with E-state index in [1.165, 1.54) is 104 Å². The Morgan fingerprint density at radius 1 is 0.388 bits per heavy atom. The second kappa shape index (κ2) is 16.2. The lowest BCUT2D eigenvalue weighted by Crippen LogP contribution is -2.29. The zero-order chi connectivity index (χ0) is 44.3. The Morgan fingerprint density at radius 3 is 1.66 bits per heavy atom. The lowest BCUT2D eigenvalue weighted by Gasteiger charge is -2.35. The first kappa shape index (κ1) is 39.4. The molecule has 10 aromatic carbocycles. The molecule has 0 N–H and O–H groups in total. The molecule has 1 fully saturated rings. The first-order valence-electron chi connectivity index (χ1n) is 24.0. The van der Waals surface area contributed by atoms with Crippen LogP contribution in [0.3, 0.4) is 0 Å². The summed E-state index contributed by atoms with van der Waals surface area (Å²) < 4.78 is 6.41. The van der Waals surface area contributed by atoms with Gasteiger partial charge in [-0.05, 0) is 151 Å². The van der Waals surface area contributed by atoms with Crippen LogP contribution >= 0.6 is 0 Å². The number of hydrogen-bond acceptors (Lipinski definition) is 2. The highest BCUT2D eigenvalue weighted by molar-refractivity contribution is 6.07.